The molecule has 7 heterocycles. The van der Waals surface area contributed by atoms with E-state index in [2.05, 4.69) is 52.6 Å². The number of piperidine rings is 1. The number of hydrazone groups is 1. The predicted octanol–water partition coefficient (Wildman–Crippen LogP) is 1.53. The summed E-state index contributed by atoms with van der Waals surface area (Å²) in [5.41, 5.74) is 5.80. The molecule has 2 bridgehead atoms. The number of esters is 1. The van der Waals surface area contributed by atoms with Crippen LogP contribution in [-0.2, 0) is 60.3 Å². The SMILES string of the molecule is CC[C@]1(O)C[C@H]2CN(CCc3c([nH]c4ccccc34)[C@@](C(=O)OC)(c3cc4c(cc3OC)N(C)[C@H]3[C@@](O)(C(=O)N/N=C(\C)c5ccc(N6C(=O)CC(SC[C@H](NC(=O)[C@H](CC(=O)O)NC(=O)[C@H](CCCNC(=N)N)NC)C(=O)O)C6=O)cc5)[C@H](O)[C@]5(CC)C=CCN6CC[C@]43[C@@H]65)C2)C1. The number of aliphatic hydroxyl groups excluding tert-OH is 1. The van der Waals surface area contributed by atoms with Crippen LogP contribution in [0.1, 0.15) is 107 Å². The van der Waals surface area contributed by atoms with E-state index in [9.17, 15) is 54.3 Å². The maximum atomic E-state index is 15.6. The lowest BCUT2D eigenvalue weighted by Crippen LogP contribution is -2.81. The fourth-order valence-corrected chi connectivity index (χ4v) is 18.6. The van der Waals surface area contributed by atoms with Gasteiger partial charge >= 0.3 is 17.9 Å². The Morgan fingerprint density at radius 3 is 2.33 bits per heavy atom. The molecule has 526 valence electrons. The third-order valence-corrected chi connectivity index (χ3v) is 23.2. The molecule has 2 unspecified atom stereocenters. The zero-order chi connectivity index (χ0) is 70.6. The Kier molecular flexibility index (Phi) is 20.0. The number of nitrogens with one attached hydrogen (secondary N) is 7. The van der Waals surface area contributed by atoms with Crippen molar-refractivity contribution in [3.05, 3.63) is 101 Å². The number of nitrogens with zero attached hydrogens (tertiary/aromatic N) is 5. The molecule has 29 heteroatoms. The predicted molar refractivity (Wildman–Crippen MR) is 365 cm³/mol. The van der Waals surface area contributed by atoms with Gasteiger partial charge in [0, 0.05) is 103 Å². The van der Waals surface area contributed by atoms with Crippen molar-refractivity contribution < 1.29 is 73.4 Å². The zero-order valence-corrected chi connectivity index (χ0v) is 56.9. The number of carbonyl (C=O) groups excluding carboxylic acids is 6. The number of H-pyrrole nitrogens is 1. The molecule has 98 heavy (non-hydrogen) atoms. The molecule has 14 atom stereocenters. The van der Waals surface area contributed by atoms with Crippen molar-refractivity contribution in [2.75, 3.05) is 83.1 Å². The molecule has 6 aliphatic heterocycles. The molecule has 28 nitrogen and oxygen atoms in total. The Balaban J connectivity index is 0.854. The fourth-order valence-electron chi connectivity index (χ4n) is 17.4. The van der Waals surface area contributed by atoms with E-state index < -0.39 is 129 Å². The summed E-state index contributed by atoms with van der Waals surface area (Å²) in [5.74, 6) is -8.08. The lowest BCUT2D eigenvalue weighted by molar-refractivity contribution is -0.203. The topological polar surface area (TPSA) is 407 Å². The molecule has 0 radical (unpaired) electrons. The number of para-hydroxylation sites is 1. The smallest absolute Gasteiger partial charge is 0.327 e. The highest BCUT2D eigenvalue weighted by atomic mass is 32.2. The van der Waals surface area contributed by atoms with Crippen LogP contribution in [0, 0.1) is 16.7 Å². The first-order valence-corrected chi connectivity index (χ1v) is 34.4. The number of ether oxygens (including phenoxy) is 2. The van der Waals surface area contributed by atoms with E-state index >= 15 is 9.59 Å². The summed E-state index contributed by atoms with van der Waals surface area (Å²) >= 11 is 0.799. The molecule has 3 saturated heterocycles. The van der Waals surface area contributed by atoms with Gasteiger partial charge in [-0.05, 0) is 119 Å². The number of carbonyl (C=O) groups is 8. The second-order valence-corrected chi connectivity index (χ2v) is 28.5. The van der Waals surface area contributed by atoms with Crippen LogP contribution in [-0.4, -0.2) is 226 Å². The van der Waals surface area contributed by atoms with Crippen LogP contribution in [0.15, 0.2) is 77.9 Å². The number of aromatic nitrogens is 1. The Labute approximate surface area is 571 Å². The molecule has 4 fully saturated rings. The number of imide groups is 1. The number of aliphatic carboxylic acids is 2. The molecule has 4 aromatic rings. The highest BCUT2D eigenvalue weighted by Gasteiger charge is 2.79. The molecule has 5 amide bonds. The molecule has 7 aliphatic rings. The number of nitrogens with two attached hydrogens (primary N) is 1. The first kappa shape index (κ1) is 70.9. The van der Waals surface area contributed by atoms with Crippen LogP contribution in [0.25, 0.3) is 10.9 Å². The van der Waals surface area contributed by atoms with Crippen LogP contribution in [0.4, 0.5) is 11.4 Å². The number of carboxylic acids is 2. The second-order valence-electron chi connectivity index (χ2n) is 27.3. The summed E-state index contributed by atoms with van der Waals surface area (Å²) in [5, 5.41) is 80.6. The summed E-state index contributed by atoms with van der Waals surface area (Å²) in [7, 11) is 6.23. The summed E-state index contributed by atoms with van der Waals surface area (Å²) in [6.07, 6.45) is 4.15. The largest absolute Gasteiger partial charge is 0.496 e. The number of aliphatic hydroxyl groups is 3. The molecule has 11 rings (SSSR count). The highest BCUT2D eigenvalue weighted by Crippen LogP contribution is 2.68. The van der Waals surface area contributed by atoms with Crippen LogP contribution < -0.4 is 47.0 Å². The number of hydrogen-bond acceptors (Lipinski definition) is 20. The van der Waals surface area contributed by atoms with Gasteiger partial charge in [-0.25, -0.2) is 15.1 Å². The minimum absolute atomic E-state index is 0.168. The Morgan fingerprint density at radius 2 is 1.65 bits per heavy atom. The summed E-state index contributed by atoms with van der Waals surface area (Å²) in [6.45, 7) is 8.67. The van der Waals surface area contributed by atoms with E-state index in [1.54, 1.807) is 33.2 Å². The van der Waals surface area contributed by atoms with Gasteiger partial charge in [0.05, 0.1) is 55.0 Å². The first-order valence-electron chi connectivity index (χ1n) is 33.4. The van der Waals surface area contributed by atoms with E-state index in [1.807, 2.05) is 61.2 Å². The molecule has 1 aliphatic carbocycles. The standard InChI is InChI=1S/C69H89N13O15S/c1-8-65(94)32-38-33-68(63(93)97-7,54-42(21-26-80(34-38)36-65)41-14-10-11-15-45(41)74-54)44-28-43-49(30-50(44)96-6)79(5)60-67(43)23-27-81-25-13-22-66(9-2,59(67)81)61(91)69(60,95)62(92)78-77-37(3)39-17-19-40(20-18-39)82-52(83)31-51(57(82)88)98-35-48(58(89)90)76-56(87)47(29-53(84)85)75-55(86)46(72-4)16-12-24-73-64(70)71/h10-11,13-15,17-20,22,28,30,38,46-48,51,59-61,72,74,91,94-95H,8-9,12,16,21,23-27,29,31-36H2,1-7H3,(H,75,86)(H,76,87)(H,78,92)(H,84,85)(H,89,90)(H4,70,71,73)/b77-37+/t38-,46+,47+,48+,51?,59+,60-,61-,65+,66-,67-,68+,69+/m1/s1. The number of fused-ring (bicyclic) bond motifs is 6. The van der Waals surface area contributed by atoms with Crippen molar-refractivity contribution >= 4 is 93.2 Å². The number of amides is 5. The maximum absolute atomic E-state index is 15.6. The van der Waals surface area contributed by atoms with E-state index in [1.165, 1.54) is 26.3 Å². The number of methoxy groups -OCH3 is 2. The van der Waals surface area contributed by atoms with Gasteiger partial charge < -0.3 is 71.9 Å². The van der Waals surface area contributed by atoms with Crippen molar-refractivity contribution in [3.63, 3.8) is 0 Å². The van der Waals surface area contributed by atoms with E-state index in [0.717, 1.165) is 38.7 Å². The van der Waals surface area contributed by atoms with Crippen molar-refractivity contribution in [1.82, 2.24) is 41.5 Å². The number of thioether (sulfide) groups is 1. The number of anilines is 2. The fraction of sp³-hybridized carbons (Fsp3) is 0.536. The Morgan fingerprint density at radius 1 is 0.929 bits per heavy atom. The van der Waals surface area contributed by atoms with Gasteiger partial charge in [-0.2, -0.15) is 5.10 Å². The lowest BCUT2D eigenvalue weighted by atomic mass is 9.47. The number of rotatable bonds is 24. The van der Waals surface area contributed by atoms with Gasteiger partial charge in [0.1, 0.15) is 29.4 Å². The minimum Gasteiger partial charge on any atom is -0.496 e. The quantitative estimate of drug-likeness (QED) is 0.00900. The summed E-state index contributed by atoms with van der Waals surface area (Å²) in [4.78, 5) is 121. The van der Waals surface area contributed by atoms with Crippen molar-refractivity contribution in [3.8, 4) is 5.75 Å². The van der Waals surface area contributed by atoms with Gasteiger partial charge in [-0.15, -0.1) is 11.8 Å². The molecule has 1 spiro atoms. The average molecular weight is 1370 g/mol. The molecular formula is C69H89N13O15S. The van der Waals surface area contributed by atoms with Gasteiger partial charge in [-0.1, -0.05) is 56.3 Å². The van der Waals surface area contributed by atoms with Crippen LogP contribution in [0.2, 0.25) is 0 Å². The van der Waals surface area contributed by atoms with Gasteiger partial charge in [0.2, 0.25) is 23.6 Å². The summed E-state index contributed by atoms with van der Waals surface area (Å²) in [6, 6.07) is 12.2. The molecular weight excluding hydrogens is 1280 g/mol. The first-order chi connectivity index (χ1) is 46.7. The molecule has 3 aromatic carbocycles. The average Bonchev–Trinajstić information content (AvgIpc) is 1.46. The van der Waals surface area contributed by atoms with Gasteiger partial charge in [0.15, 0.2) is 11.6 Å². The van der Waals surface area contributed by atoms with Gasteiger partial charge in [-0.3, -0.25) is 48.8 Å². The van der Waals surface area contributed by atoms with E-state index in [0.29, 0.717) is 99.5 Å². The third kappa shape index (κ3) is 12.1. The molecule has 14 N–H and O–H groups in total. The van der Waals surface area contributed by atoms with Crippen LogP contribution in [0.3, 0.4) is 0 Å². The van der Waals surface area contributed by atoms with Crippen molar-refractivity contribution in [2.45, 2.75) is 149 Å². The van der Waals surface area contributed by atoms with Crippen LogP contribution >= 0.6 is 11.8 Å². The van der Waals surface area contributed by atoms with Crippen LogP contribution in [0.5, 0.6) is 5.75 Å². The minimum atomic E-state index is -2.58. The monoisotopic (exact) mass is 1370 g/mol. The van der Waals surface area contributed by atoms with Gasteiger partial charge in [0.25, 0.3) is 5.91 Å². The molecule has 1 saturated carbocycles. The molecule has 1 aromatic heterocycles. The number of guanidine groups is 1. The normalized spacial score (nSPS) is 29.6. The lowest BCUT2D eigenvalue weighted by Gasteiger charge is -2.63. The van der Waals surface area contributed by atoms with Crippen molar-refractivity contribution in [2.24, 2.45) is 22.2 Å². The second kappa shape index (κ2) is 27.7. The number of hydrogen-bond donors (Lipinski definition) is 13. The number of aromatic amines is 1. The Hall–Kier alpha value is -8.45. The highest BCUT2D eigenvalue weighted by molar-refractivity contribution is 8.00. The maximum Gasteiger partial charge on any atom is 0.327 e. The Bertz CT molecular complexity index is 3910. The van der Waals surface area contributed by atoms with Crippen molar-refractivity contribution in [1.29, 1.82) is 5.41 Å². The van der Waals surface area contributed by atoms with E-state index in [-0.39, 0.29) is 49.1 Å². The number of carboxylic acid groups (broad SMARTS) is 2. The number of benzene rings is 3. The summed E-state index contributed by atoms with van der Waals surface area (Å²) < 4.78 is 12.5. The third-order valence-electron chi connectivity index (χ3n) is 21.9. The number of likely N-dealkylation sites (N-methyl/N-ethyl adjacent to an activating group) is 2. The van der Waals surface area contributed by atoms with E-state index in [4.69, 9.17) is 20.6 Å². The zero-order valence-electron chi connectivity index (χ0n) is 56.1.